The molecule has 0 atom stereocenters. The minimum absolute atomic E-state index is 0.0108. The number of anilines is 1. The lowest BCUT2D eigenvalue weighted by molar-refractivity contribution is -0.384. The smallest absolute Gasteiger partial charge is 0.338 e. The van der Waals surface area contributed by atoms with Crippen molar-refractivity contribution in [3.8, 4) is 0 Å². The summed E-state index contributed by atoms with van der Waals surface area (Å²) in [6, 6.07) is 12.2. The van der Waals surface area contributed by atoms with Crippen LogP contribution in [0.25, 0.3) is 6.08 Å². The van der Waals surface area contributed by atoms with Crippen LogP contribution in [-0.2, 0) is 9.53 Å². The Kier molecular flexibility index (Phi) is 6.00. The molecule has 25 heavy (non-hydrogen) atoms. The van der Waals surface area contributed by atoms with E-state index in [4.69, 9.17) is 4.74 Å². The van der Waals surface area contributed by atoms with E-state index >= 15 is 0 Å². The maximum atomic E-state index is 11.9. The first-order valence-corrected chi connectivity index (χ1v) is 7.50. The highest BCUT2D eigenvalue weighted by Gasteiger charge is 2.06. The molecule has 2 aromatic rings. The number of carbonyl (C=O) groups excluding carboxylic acids is 2. The van der Waals surface area contributed by atoms with Crippen molar-refractivity contribution < 1.29 is 19.2 Å². The summed E-state index contributed by atoms with van der Waals surface area (Å²) in [5, 5.41) is 13.2. The lowest BCUT2D eigenvalue weighted by Crippen LogP contribution is -2.08. The van der Waals surface area contributed by atoms with Crippen LogP contribution in [0.2, 0.25) is 0 Å². The van der Waals surface area contributed by atoms with E-state index in [0.29, 0.717) is 23.4 Å². The molecule has 0 heterocycles. The molecular formula is C18H16N2O5. The molecule has 2 rings (SSSR count). The second kappa shape index (κ2) is 8.39. The Morgan fingerprint density at radius 2 is 1.76 bits per heavy atom. The normalized spacial score (nSPS) is 10.4. The number of nitrogens with one attached hydrogen (secondary N) is 1. The van der Waals surface area contributed by atoms with Gasteiger partial charge in [-0.15, -0.1) is 0 Å². The lowest BCUT2D eigenvalue weighted by atomic mass is 10.2. The molecule has 0 aromatic heterocycles. The Labute approximate surface area is 144 Å². The number of esters is 1. The molecule has 2 aromatic carbocycles. The third kappa shape index (κ3) is 5.28. The Morgan fingerprint density at radius 1 is 1.12 bits per heavy atom. The molecule has 0 aliphatic carbocycles. The first kappa shape index (κ1) is 17.9. The fraction of sp³-hybridized carbons (Fsp3) is 0.111. The predicted octanol–water partition coefficient (Wildman–Crippen LogP) is 3.42. The van der Waals surface area contributed by atoms with Gasteiger partial charge in [0.1, 0.15) is 0 Å². The number of carbonyl (C=O) groups is 2. The number of rotatable bonds is 6. The number of nitro groups is 1. The maximum Gasteiger partial charge on any atom is 0.338 e. The van der Waals surface area contributed by atoms with Crippen LogP contribution in [0.1, 0.15) is 22.8 Å². The zero-order valence-electron chi connectivity index (χ0n) is 13.5. The van der Waals surface area contributed by atoms with Gasteiger partial charge in [0.05, 0.1) is 17.1 Å². The van der Waals surface area contributed by atoms with Crippen LogP contribution in [0.4, 0.5) is 11.4 Å². The highest BCUT2D eigenvalue weighted by molar-refractivity contribution is 6.02. The van der Waals surface area contributed by atoms with Crippen molar-refractivity contribution >= 4 is 29.3 Å². The average Bonchev–Trinajstić information content (AvgIpc) is 2.61. The van der Waals surface area contributed by atoms with Gasteiger partial charge in [0.2, 0.25) is 5.91 Å². The molecule has 0 bridgehead atoms. The van der Waals surface area contributed by atoms with Crippen LogP contribution in [0.3, 0.4) is 0 Å². The van der Waals surface area contributed by atoms with Crippen molar-refractivity contribution in [2.75, 3.05) is 11.9 Å². The Hall–Kier alpha value is -3.48. The number of hydrogen-bond acceptors (Lipinski definition) is 5. The van der Waals surface area contributed by atoms with Gasteiger partial charge in [0.25, 0.3) is 5.69 Å². The molecule has 1 amide bonds. The van der Waals surface area contributed by atoms with Crippen LogP contribution in [0.5, 0.6) is 0 Å². The summed E-state index contributed by atoms with van der Waals surface area (Å²) in [5.74, 6) is -0.777. The van der Waals surface area contributed by atoms with E-state index in [1.165, 1.54) is 18.2 Å². The van der Waals surface area contributed by atoms with Gasteiger partial charge >= 0.3 is 5.97 Å². The first-order valence-electron chi connectivity index (χ1n) is 7.50. The van der Waals surface area contributed by atoms with Crippen molar-refractivity contribution in [2.45, 2.75) is 6.92 Å². The summed E-state index contributed by atoms with van der Waals surface area (Å²) in [4.78, 5) is 33.5. The molecule has 0 fully saturated rings. The van der Waals surface area contributed by atoms with Gasteiger partial charge in [-0.2, -0.15) is 0 Å². The van der Waals surface area contributed by atoms with Gasteiger partial charge in [-0.25, -0.2) is 4.79 Å². The number of ether oxygens (including phenoxy) is 1. The number of non-ortho nitro benzene ring substituents is 1. The molecule has 0 saturated carbocycles. The van der Waals surface area contributed by atoms with Gasteiger partial charge < -0.3 is 10.1 Å². The summed E-state index contributed by atoms with van der Waals surface area (Å²) >= 11 is 0. The Morgan fingerprint density at radius 3 is 2.32 bits per heavy atom. The largest absolute Gasteiger partial charge is 0.462 e. The average molecular weight is 340 g/mol. The van der Waals surface area contributed by atoms with Crippen LogP contribution >= 0.6 is 0 Å². The third-order valence-corrected chi connectivity index (χ3v) is 3.19. The topological polar surface area (TPSA) is 98.5 Å². The molecule has 0 aliphatic heterocycles. The summed E-state index contributed by atoms with van der Waals surface area (Å²) in [6.07, 6.45) is 2.87. The summed E-state index contributed by atoms with van der Waals surface area (Å²) in [5.41, 5.74) is 1.59. The van der Waals surface area contributed by atoms with E-state index < -0.39 is 10.9 Å². The van der Waals surface area contributed by atoms with Crippen LogP contribution in [0.15, 0.2) is 54.6 Å². The third-order valence-electron chi connectivity index (χ3n) is 3.19. The van der Waals surface area contributed by atoms with E-state index in [1.807, 2.05) is 0 Å². The molecule has 128 valence electrons. The van der Waals surface area contributed by atoms with Crippen LogP contribution in [0, 0.1) is 10.1 Å². The van der Waals surface area contributed by atoms with Gasteiger partial charge in [0.15, 0.2) is 0 Å². The van der Waals surface area contributed by atoms with Crippen molar-refractivity contribution in [1.82, 2.24) is 0 Å². The zero-order chi connectivity index (χ0) is 18.2. The molecular weight excluding hydrogens is 324 g/mol. The maximum absolute atomic E-state index is 11.9. The van der Waals surface area contributed by atoms with Crippen LogP contribution in [-0.4, -0.2) is 23.4 Å². The van der Waals surface area contributed by atoms with Crippen molar-refractivity contribution in [3.63, 3.8) is 0 Å². The molecule has 0 unspecified atom stereocenters. The van der Waals surface area contributed by atoms with Gasteiger partial charge in [0, 0.05) is 23.9 Å². The number of nitro benzene ring substituents is 1. The van der Waals surface area contributed by atoms with E-state index in [1.54, 1.807) is 49.4 Å². The predicted molar refractivity (Wildman–Crippen MR) is 93.2 cm³/mol. The quantitative estimate of drug-likeness (QED) is 0.376. The Bertz CT molecular complexity index is 795. The number of hydrogen-bond donors (Lipinski definition) is 1. The summed E-state index contributed by atoms with van der Waals surface area (Å²) in [7, 11) is 0. The van der Waals surface area contributed by atoms with E-state index in [0.717, 1.165) is 0 Å². The minimum Gasteiger partial charge on any atom is -0.462 e. The Balaban J connectivity index is 1.95. The van der Waals surface area contributed by atoms with E-state index in [-0.39, 0.29) is 11.6 Å². The summed E-state index contributed by atoms with van der Waals surface area (Å²) in [6.45, 7) is 2.02. The number of nitrogens with zero attached hydrogens (tertiary/aromatic N) is 1. The van der Waals surface area contributed by atoms with Gasteiger partial charge in [-0.1, -0.05) is 0 Å². The van der Waals surface area contributed by atoms with Crippen LogP contribution < -0.4 is 5.32 Å². The molecule has 0 spiro atoms. The van der Waals surface area contributed by atoms with Crippen molar-refractivity contribution in [3.05, 3.63) is 75.8 Å². The van der Waals surface area contributed by atoms with Crippen molar-refractivity contribution in [1.29, 1.82) is 0 Å². The molecule has 0 aliphatic rings. The number of benzene rings is 2. The van der Waals surface area contributed by atoms with E-state index in [9.17, 15) is 19.7 Å². The fourth-order valence-electron chi connectivity index (χ4n) is 1.97. The molecule has 0 radical (unpaired) electrons. The fourth-order valence-corrected chi connectivity index (χ4v) is 1.97. The van der Waals surface area contributed by atoms with E-state index in [2.05, 4.69) is 5.32 Å². The number of amides is 1. The monoisotopic (exact) mass is 340 g/mol. The molecule has 7 heteroatoms. The summed E-state index contributed by atoms with van der Waals surface area (Å²) < 4.78 is 4.88. The first-order chi connectivity index (χ1) is 12.0. The van der Waals surface area contributed by atoms with Crippen molar-refractivity contribution in [2.24, 2.45) is 0 Å². The standard InChI is InChI=1S/C18H16N2O5/c1-2-25-18(22)14-6-8-15(9-7-14)19-17(21)12-5-13-3-10-16(11-4-13)20(23)24/h3-12H,2H2,1H3,(H,19,21)/b12-5+. The van der Waals surface area contributed by atoms with Gasteiger partial charge in [-0.3, -0.25) is 14.9 Å². The second-order valence-electron chi connectivity index (χ2n) is 4.97. The van der Waals surface area contributed by atoms with Gasteiger partial charge in [-0.05, 0) is 55.0 Å². The molecule has 0 saturated heterocycles. The SMILES string of the molecule is CCOC(=O)c1ccc(NC(=O)/C=C/c2ccc([N+](=O)[O-])cc2)cc1. The lowest BCUT2D eigenvalue weighted by Gasteiger charge is -2.04. The molecule has 7 nitrogen and oxygen atoms in total. The highest BCUT2D eigenvalue weighted by atomic mass is 16.6. The molecule has 1 N–H and O–H groups in total. The highest BCUT2D eigenvalue weighted by Crippen LogP contribution is 2.14. The minimum atomic E-state index is -0.486. The zero-order valence-corrected chi connectivity index (χ0v) is 13.5. The second-order valence-corrected chi connectivity index (χ2v) is 4.97.